The Hall–Kier alpha value is -1.37. The lowest BCUT2D eigenvalue weighted by atomic mass is 10.1. The minimum atomic E-state index is -3.68. The molecule has 1 heterocycles. The molecule has 0 aliphatic carbocycles. The Morgan fingerprint density at radius 1 is 1.17 bits per heavy atom. The van der Waals surface area contributed by atoms with E-state index in [2.05, 4.69) is 21.0 Å². The molecule has 0 fully saturated rings. The Balaban J connectivity index is 1.98. The van der Waals surface area contributed by atoms with Crippen molar-refractivity contribution in [2.24, 2.45) is 5.10 Å². The van der Waals surface area contributed by atoms with Crippen LogP contribution in [-0.2, 0) is 10.0 Å². The predicted octanol–water partition coefficient (Wildman–Crippen LogP) is 4.21. The first kappa shape index (κ1) is 17.5. The average Bonchev–Trinajstić information content (AvgIpc) is 3.01. The molecule has 0 saturated carbocycles. The van der Waals surface area contributed by atoms with Crippen LogP contribution in [0.3, 0.4) is 0 Å². The van der Waals surface area contributed by atoms with Gasteiger partial charge in [-0.2, -0.15) is 17.9 Å². The predicted molar refractivity (Wildman–Crippen MR) is 100 cm³/mol. The highest BCUT2D eigenvalue weighted by Crippen LogP contribution is 2.28. The van der Waals surface area contributed by atoms with Gasteiger partial charge < -0.3 is 0 Å². The summed E-state index contributed by atoms with van der Waals surface area (Å²) in [5, 5.41) is 5.55. The van der Waals surface area contributed by atoms with Crippen LogP contribution in [-0.4, -0.2) is 29.9 Å². The molecule has 7 heteroatoms. The molecule has 0 bridgehead atoms. The summed E-state index contributed by atoms with van der Waals surface area (Å²) in [6.07, 6.45) is 0.554. The number of nitrogens with zero attached hydrogens (tertiary/aromatic N) is 2. The third kappa shape index (κ3) is 3.36. The highest BCUT2D eigenvalue weighted by atomic mass is 79.9. The zero-order valence-corrected chi connectivity index (χ0v) is 16.1. The third-order valence-corrected chi connectivity index (χ3v) is 6.62. The van der Waals surface area contributed by atoms with Crippen molar-refractivity contribution in [1.29, 1.82) is 0 Å². The molecule has 24 heavy (non-hydrogen) atoms. The van der Waals surface area contributed by atoms with Crippen molar-refractivity contribution in [3.63, 3.8) is 0 Å². The van der Waals surface area contributed by atoms with E-state index in [1.165, 1.54) is 4.41 Å². The van der Waals surface area contributed by atoms with E-state index in [4.69, 9.17) is 11.6 Å². The maximum atomic E-state index is 12.9. The lowest BCUT2D eigenvalue weighted by Crippen LogP contribution is -2.33. The Kier molecular flexibility index (Phi) is 4.99. The Labute approximate surface area is 155 Å². The molecule has 1 unspecified atom stereocenters. The van der Waals surface area contributed by atoms with Crippen LogP contribution in [0.4, 0.5) is 0 Å². The molecule has 2 aromatic rings. The molecular formula is C17H16BrClN2O2S. The van der Waals surface area contributed by atoms with E-state index in [0.29, 0.717) is 16.8 Å². The number of rotatable bonds is 4. The molecule has 0 amide bonds. The Morgan fingerprint density at radius 2 is 1.79 bits per heavy atom. The second kappa shape index (κ2) is 6.86. The molecule has 1 aliphatic heterocycles. The number of hydrogen-bond acceptors (Lipinski definition) is 3. The zero-order chi connectivity index (χ0) is 17.3. The van der Waals surface area contributed by atoms with Crippen molar-refractivity contribution in [2.75, 3.05) is 5.33 Å². The van der Waals surface area contributed by atoms with Gasteiger partial charge in [0.05, 0.1) is 16.6 Å². The minimum Gasteiger partial charge on any atom is -0.200 e. The van der Waals surface area contributed by atoms with Crippen molar-refractivity contribution >= 4 is 43.3 Å². The SMILES string of the molecule is Cc1ccc(S(=O)(=O)N2N=C(c3ccc(Cl)cc3)CC2CBr)cc1. The van der Waals surface area contributed by atoms with Gasteiger partial charge in [-0.05, 0) is 36.8 Å². The molecule has 4 nitrogen and oxygen atoms in total. The normalized spacial score (nSPS) is 17.9. The first-order valence-corrected chi connectivity index (χ1v) is 10.4. The minimum absolute atomic E-state index is 0.248. The number of sulfonamides is 1. The monoisotopic (exact) mass is 426 g/mol. The molecule has 126 valence electrons. The summed E-state index contributed by atoms with van der Waals surface area (Å²) < 4.78 is 27.1. The number of benzene rings is 2. The number of halogens is 2. The Morgan fingerprint density at radius 3 is 2.38 bits per heavy atom. The van der Waals surface area contributed by atoms with Gasteiger partial charge in [0.1, 0.15) is 0 Å². The summed E-state index contributed by atoms with van der Waals surface area (Å²) in [5.41, 5.74) is 2.64. The maximum Gasteiger partial charge on any atom is 0.279 e. The third-order valence-electron chi connectivity index (χ3n) is 3.88. The van der Waals surface area contributed by atoms with Gasteiger partial charge in [0, 0.05) is 16.8 Å². The van der Waals surface area contributed by atoms with Crippen LogP contribution in [0.1, 0.15) is 17.5 Å². The molecule has 0 saturated heterocycles. The lowest BCUT2D eigenvalue weighted by molar-refractivity contribution is 0.389. The van der Waals surface area contributed by atoms with Gasteiger partial charge in [-0.1, -0.05) is 57.4 Å². The molecular weight excluding hydrogens is 412 g/mol. The highest BCUT2D eigenvalue weighted by molar-refractivity contribution is 9.09. The second-order valence-electron chi connectivity index (χ2n) is 5.66. The van der Waals surface area contributed by atoms with Crippen LogP contribution in [0.2, 0.25) is 5.02 Å². The maximum absolute atomic E-state index is 12.9. The van der Waals surface area contributed by atoms with Gasteiger partial charge >= 0.3 is 0 Å². The first-order chi connectivity index (χ1) is 11.4. The summed E-state index contributed by atoms with van der Waals surface area (Å²) in [6, 6.07) is 13.8. The fraction of sp³-hybridized carbons (Fsp3) is 0.235. The van der Waals surface area contributed by atoms with E-state index in [1.54, 1.807) is 36.4 Å². The van der Waals surface area contributed by atoms with Gasteiger partial charge in [0.2, 0.25) is 0 Å². The quantitative estimate of drug-likeness (QED) is 0.686. The fourth-order valence-corrected chi connectivity index (χ4v) is 4.81. The number of hydrazone groups is 1. The van der Waals surface area contributed by atoms with Crippen LogP contribution in [0.25, 0.3) is 0 Å². The van der Waals surface area contributed by atoms with Gasteiger partial charge in [-0.25, -0.2) is 0 Å². The number of alkyl halides is 1. The number of hydrogen-bond donors (Lipinski definition) is 0. The summed E-state index contributed by atoms with van der Waals surface area (Å²) in [4.78, 5) is 0.250. The smallest absolute Gasteiger partial charge is 0.200 e. The fourth-order valence-electron chi connectivity index (χ4n) is 2.54. The van der Waals surface area contributed by atoms with E-state index in [-0.39, 0.29) is 10.9 Å². The standard InChI is InChI=1S/C17H16BrClN2O2S/c1-12-2-8-16(9-3-12)24(22,23)21-15(11-18)10-17(20-21)13-4-6-14(19)7-5-13/h2-9,15H,10-11H2,1H3. The van der Waals surface area contributed by atoms with Gasteiger partial charge in [-0.15, -0.1) is 0 Å². The van der Waals surface area contributed by atoms with Gasteiger partial charge in [-0.3, -0.25) is 0 Å². The second-order valence-corrected chi connectivity index (χ2v) is 8.54. The van der Waals surface area contributed by atoms with Crippen LogP contribution in [0.5, 0.6) is 0 Å². The molecule has 0 N–H and O–H groups in total. The lowest BCUT2D eigenvalue weighted by Gasteiger charge is -2.21. The highest BCUT2D eigenvalue weighted by Gasteiger charge is 2.36. The van der Waals surface area contributed by atoms with Crippen LogP contribution >= 0.6 is 27.5 Å². The summed E-state index contributed by atoms with van der Waals surface area (Å²) >= 11 is 9.32. The molecule has 1 aliphatic rings. The van der Waals surface area contributed by atoms with Gasteiger partial charge in [0.25, 0.3) is 10.0 Å². The molecule has 0 spiro atoms. The Bertz CT molecular complexity index is 864. The van der Waals surface area contributed by atoms with Gasteiger partial charge in [0.15, 0.2) is 0 Å². The van der Waals surface area contributed by atoms with Crippen molar-refractivity contribution in [3.8, 4) is 0 Å². The summed E-state index contributed by atoms with van der Waals surface area (Å²) in [6.45, 7) is 1.92. The zero-order valence-electron chi connectivity index (χ0n) is 13.0. The van der Waals surface area contributed by atoms with Crippen molar-refractivity contribution in [3.05, 3.63) is 64.7 Å². The van der Waals surface area contributed by atoms with E-state index in [1.807, 2.05) is 19.1 Å². The van der Waals surface area contributed by atoms with E-state index in [9.17, 15) is 8.42 Å². The topological polar surface area (TPSA) is 49.7 Å². The van der Waals surface area contributed by atoms with Crippen molar-refractivity contribution in [2.45, 2.75) is 24.3 Å². The largest absolute Gasteiger partial charge is 0.279 e. The number of aryl methyl sites for hydroxylation is 1. The van der Waals surface area contributed by atoms with E-state index >= 15 is 0 Å². The molecule has 3 rings (SSSR count). The average molecular weight is 428 g/mol. The van der Waals surface area contributed by atoms with Crippen LogP contribution in [0.15, 0.2) is 58.5 Å². The van der Waals surface area contributed by atoms with Crippen molar-refractivity contribution < 1.29 is 8.42 Å². The van der Waals surface area contributed by atoms with Crippen molar-refractivity contribution in [1.82, 2.24) is 4.41 Å². The van der Waals surface area contributed by atoms with Crippen LogP contribution < -0.4 is 0 Å². The van der Waals surface area contributed by atoms with Crippen LogP contribution in [0, 0.1) is 6.92 Å². The molecule has 2 aromatic carbocycles. The first-order valence-electron chi connectivity index (χ1n) is 7.42. The molecule has 0 radical (unpaired) electrons. The van der Waals surface area contributed by atoms with E-state index < -0.39 is 10.0 Å². The molecule has 1 atom stereocenters. The van der Waals surface area contributed by atoms with E-state index in [0.717, 1.165) is 16.8 Å². The summed E-state index contributed by atoms with van der Waals surface area (Å²) in [5.74, 6) is 0. The summed E-state index contributed by atoms with van der Waals surface area (Å²) in [7, 11) is -3.68. The molecule has 0 aromatic heterocycles.